The van der Waals surface area contributed by atoms with Gasteiger partial charge in [-0.25, -0.2) is 0 Å². The molecule has 128 valence electrons. The van der Waals surface area contributed by atoms with Gasteiger partial charge in [0, 0.05) is 24.4 Å². The van der Waals surface area contributed by atoms with E-state index in [1.165, 1.54) is 0 Å². The lowest BCUT2D eigenvalue weighted by atomic mass is 10.1. The van der Waals surface area contributed by atoms with Crippen LogP contribution in [0.3, 0.4) is 0 Å². The summed E-state index contributed by atoms with van der Waals surface area (Å²) in [4.78, 5) is 16.2. The number of carbonyl (C=O) groups excluding carboxylic acids is 1. The number of hydrogen-bond donors (Lipinski definition) is 2. The number of amides is 1. The fourth-order valence-electron chi connectivity index (χ4n) is 2.31. The minimum Gasteiger partial charge on any atom is -0.487 e. The van der Waals surface area contributed by atoms with E-state index in [4.69, 9.17) is 10.5 Å². The van der Waals surface area contributed by atoms with Gasteiger partial charge in [-0.15, -0.1) is 0 Å². The van der Waals surface area contributed by atoms with Crippen LogP contribution in [0.1, 0.15) is 37.8 Å². The molecular weight excluding hydrogens is 302 g/mol. The van der Waals surface area contributed by atoms with Gasteiger partial charge in [-0.05, 0) is 43.7 Å². The average molecular weight is 327 g/mol. The number of pyridine rings is 1. The van der Waals surface area contributed by atoms with E-state index in [2.05, 4.69) is 10.3 Å². The summed E-state index contributed by atoms with van der Waals surface area (Å²) < 4.78 is 5.71. The number of nitrogens with two attached hydrogens (primary N) is 1. The molecule has 3 N–H and O–H groups in total. The smallest absolute Gasteiger partial charge is 0.224 e. The van der Waals surface area contributed by atoms with Crippen LogP contribution in [-0.2, 0) is 11.4 Å². The van der Waals surface area contributed by atoms with E-state index in [0.29, 0.717) is 18.8 Å². The Morgan fingerprint density at radius 1 is 1.08 bits per heavy atom. The molecule has 0 fully saturated rings. The highest BCUT2D eigenvalue weighted by molar-refractivity contribution is 5.90. The van der Waals surface area contributed by atoms with E-state index in [1.54, 1.807) is 6.20 Å². The Morgan fingerprint density at radius 2 is 1.96 bits per heavy atom. The first-order valence-corrected chi connectivity index (χ1v) is 8.40. The van der Waals surface area contributed by atoms with E-state index in [-0.39, 0.29) is 5.91 Å². The Morgan fingerprint density at radius 3 is 2.75 bits per heavy atom. The molecular formula is C19H25N3O2. The molecule has 0 saturated carbocycles. The Kier molecular flexibility index (Phi) is 7.77. The number of benzene rings is 1. The van der Waals surface area contributed by atoms with Crippen LogP contribution in [0.5, 0.6) is 5.75 Å². The maximum Gasteiger partial charge on any atom is 0.224 e. The highest BCUT2D eigenvalue weighted by atomic mass is 16.5. The molecule has 0 unspecified atom stereocenters. The number of hydrogen-bond acceptors (Lipinski definition) is 4. The van der Waals surface area contributed by atoms with Gasteiger partial charge in [0.15, 0.2) is 0 Å². The van der Waals surface area contributed by atoms with Crippen molar-refractivity contribution in [1.82, 2.24) is 4.98 Å². The Bertz CT molecular complexity index is 617. The predicted molar refractivity (Wildman–Crippen MR) is 95.8 cm³/mol. The standard InChI is InChI=1S/C19H25N3O2/c20-12-5-2-1-3-11-19(23)22-16-9-7-10-18(14-16)24-15-17-8-4-6-13-21-17/h4,6-10,13-14H,1-3,5,11-12,15,20H2,(H,22,23). The van der Waals surface area contributed by atoms with Crippen LogP contribution in [0.2, 0.25) is 0 Å². The van der Waals surface area contributed by atoms with Gasteiger partial charge in [0.2, 0.25) is 5.91 Å². The second-order valence-corrected chi connectivity index (χ2v) is 5.64. The number of rotatable bonds is 10. The molecule has 0 spiro atoms. The normalized spacial score (nSPS) is 10.4. The molecule has 0 aliphatic heterocycles. The van der Waals surface area contributed by atoms with Crippen molar-refractivity contribution in [3.63, 3.8) is 0 Å². The maximum atomic E-state index is 11.9. The van der Waals surface area contributed by atoms with Gasteiger partial charge in [0.25, 0.3) is 0 Å². The van der Waals surface area contributed by atoms with Crippen LogP contribution in [0.4, 0.5) is 5.69 Å². The molecule has 2 aromatic rings. The Labute approximate surface area is 143 Å². The first kappa shape index (κ1) is 17.9. The third-order valence-corrected chi connectivity index (χ3v) is 3.59. The van der Waals surface area contributed by atoms with Gasteiger partial charge in [-0.1, -0.05) is 25.0 Å². The van der Waals surface area contributed by atoms with Crippen LogP contribution < -0.4 is 15.8 Å². The number of aromatic nitrogens is 1. The summed E-state index contributed by atoms with van der Waals surface area (Å²) in [6, 6.07) is 13.1. The zero-order valence-electron chi connectivity index (χ0n) is 13.9. The monoisotopic (exact) mass is 327 g/mol. The molecule has 0 saturated heterocycles. The Balaban J connectivity index is 1.76. The molecule has 2 rings (SSSR count). The zero-order valence-corrected chi connectivity index (χ0v) is 13.9. The van der Waals surface area contributed by atoms with Crippen LogP contribution in [0.15, 0.2) is 48.7 Å². The number of nitrogens with one attached hydrogen (secondary N) is 1. The van der Waals surface area contributed by atoms with Crippen LogP contribution >= 0.6 is 0 Å². The quantitative estimate of drug-likeness (QED) is 0.655. The fourth-order valence-corrected chi connectivity index (χ4v) is 2.31. The molecule has 1 heterocycles. The van der Waals surface area contributed by atoms with Crippen molar-refractivity contribution in [2.45, 2.75) is 38.7 Å². The minimum atomic E-state index is 0.0321. The molecule has 0 aliphatic rings. The van der Waals surface area contributed by atoms with Crippen molar-refractivity contribution in [2.24, 2.45) is 5.73 Å². The van der Waals surface area contributed by atoms with Gasteiger partial charge >= 0.3 is 0 Å². The van der Waals surface area contributed by atoms with Gasteiger partial charge in [-0.3, -0.25) is 9.78 Å². The van der Waals surface area contributed by atoms with Gasteiger partial charge in [-0.2, -0.15) is 0 Å². The van der Waals surface area contributed by atoms with Crippen LogP contribution in [0.25, 0.3) is 0 Å². The van der Waals surface area contributed by atoms with Crippen molar-refractivity contribution in [2.75, 3.05) is 11.9 Å². The molecule has 1 aromatic carbocycles. The number of ether oxygens (including phenoxy) is 1. The number of nitrogens with zero attached hydrogens (tertiary/aromatic N) is 1. The SMILES string of the molecule is NCCCCCCC(=O)Nc1cccc(OCc2ccccn2)c1. The third-order valence-electron chi connectivity index (χ3n) is 3.59. The first-order valence-electron chi connectivity index (χ1n) is 8.40. The second kappa shape index (κ2) is 10.4. The average Bonchev–Trinajstić information content (AvgIpc) is 2.61. The highest BCUT2D eigenvalue weighted by Crippen LogP contribution is 2.18. The second-order valence-electron chi connectivity index (χ2n) is 5.64. The number of carbonyl (C=O) groups is 1. The summed E-state index contributed by atoms with van der Waals surface area (Å²) in [5.41, 5.74) is 7.07. The van der Waals surface area contributed by atoms with E-state index in [0.717, 1.165) is 43.6 Å². The molecule has 0 radical (unpaired) electrons. The molecule has 5 nitrogen and oxygen atoms in total. The lowest BCUT2D eigenvalue weighted by Gasteiger charge is -2.09. The van der Waals surface area contributed by atoms with Gasteiger partial charge < -0.3 is 15.8 Å². The summed E-state index contributed by atoms with van der Waals surface area (Å²) >= 11 is 0. The largest absolute Gasteiger partial charge is 0.487 e. The predicted octanol–water partition coefficient (Wildman–Crippen LogP) is 3.51. The van der Waals surface area contributed by atoms with Crippen LogP contribution in [0, 0.1) is 0 Å². The molecule has 0 atom stereocenters. The van der Waals surface area contributed by atoms with Crippen molar-refractivity contribution < 1.29 is 9.53 Å². The van der Waals surface area contributed by atoms with Crippen molar-refractivity contribution in [3.05, 3.63) is 54.4 Å². The summed E-state index contributed by atoms with van der Waals surface area (Å²) in [7, 11) is 0. The van der Waals surface area contributed by atoms with E-state index in [9.17, 15) is 4.79 Å². The molecule has 0 aliphatic carbocycles. The molecule has 5 heteroatoms. The number of unbranched alkanes of at least 4 members (excludes halogenated alkanes) is 3. The summed E-state index contributed by atoms with van der Waals surface area (Å²) in [5, 5.41) is 2.91. The van der Waals surface area contributed by atoms with Gasteiger partial charge in [0.1, 0.15) is 12.4 Å². The van der Waals surface area contributed by atoms with Crippen molar-refractivity contribution in [3.8, 4) is 5.75 Å². The molecule has 1 amide bonds. The molecule has 0 bridgehead atoms. The molecule has 1 aromatic heterocycles. The summed E-state index contributed by atoms with van der Waals surface area (Å²) in [5.74, 6) is 0.742. The maximum absolute atomic E-state index is 11.9. The Hall–Kier alpha value is -2.40. The van der Waals surface area contributed by atoms with Crippen molar-refractivity contribution >= 4 is 11.6 Å². The molecule has 24 heavy (non-hydrogen) atoms. The topological polar surface area (TPSA) is 77.2 Å². The fraction of sp³-hybridized carbons (Fsp3) is 0.368. The number of anilines is 1. The van der Waals surface area contributed by atoms with E-state index >= 15 is 0 Å². The summed E-state index contributed by atoms with van der Waals surface area (Å²) in [6.45, 7) is 1.12. The zero-order chi connectivity index (χ0) is 17.0. The summed E-state index contributed by atoms with van der Waals surface area (Å²) in [6.07, 6.45) is 6.31. The van der Waals surface area contributed by atoms with Gasteiger partial charge in [0.05, 0.1) is 5.69 Å². The first-order chi connectivity index (χ1) is 11.8. The lowest BCUT2D eigenvalue weighted by Crippen LogP contribution is -2.11. The van der Waals surface area contributed by atoms with Crippen molar-refractivity contribution in [1.29, 1.82) is 0 Å². The van der Waals surface area contributed by atoms with E-state index in [1.807, 2.05) is 42.5 Å². The highest BCUT2D eigenvalue weighted by Gasteiger charge is 2.04. The van der Waals surface area contributed by atoms with Crippen LogP contribution in [-0.4, -0.2) is 17.4 Å². The lowest BCUT2D eigenvalue weighted by molar-refractivity contribution is -0.116. The third kappa shape index (κ3) is 6.79. The minimum absolute atomic E-state index is 0.0321. The van der Waals surface area contributed by atoms with E-state index < -0.39 is 0 Å².